The lowest BCUT2D eigenvalue weighted by Gasteiger charge is -2.21. The SMILES string of the molecule is N#Cc1ccc(N2C(=O)OCC2CO)cc1C(F)(F)F. The molecule has 1 aliphatic rings. The number of ether oxygens (including phenoxy) is 1. The highest BCUT2D eigenvalue weighted by Crippen LogP contribution is 2.35. The molecule has 2 rings (SSSR count). The number of carbonyl (C=O) groups excluding carboxylic acids is 1. The van der Waals surface area contributed by atoms with Crippen LogP contribution in [0.3, 0.4) is 0 Å². The first-order valence-corrected chi connectivity index (χ1v) is 5.56. The van der Waals surface area contributed by atoms with Crippen molar-refractivity contribution < 1.29 is 27.8 Å². The van der Waals surface area contributed by atoms with Crippen LogP contribution in [0.25, 0.3) is 0 Å². The minimum absolute atomic E-state index is 0.0714. The molecule has 8 heteroatoms. The van der Waals surface area contributed by atoms with Gasteiger partial charge < -0.3 is 9.84 Å². The van der Waals surface area contributed by atoms with E-state index in [2.05, 4.69) is 4.74 Å². The summed E-state index contributed by atoms with van der Waals surface area (Å²) in [5.74, 6) is 0. The monoisotopic (exact) mass is 286 g/mol. The molecule has 1 N–H and O–H groups in total. The van der Waals surface area contributed by atoms with E-state index < -0.39 is 36.0 Å². The zero-order valence-electron chi connectivity index (χ0n) is 10.0. The third-order valence-corrected chi connectivity index (χ3v) is 2.88. The average Bonchev–Trinajstić information content (AvgIpc) is 2.78. The van der Waals surface area contributed by atoms with Gasteiger partial charge in [0.2, 0.25) is 0 Å². The molecule has 0 saturated carbocycles. The third kappa shape index (κ3) is 2.40. The van der Waals surface area contributed by atoms with E-state index in [9.17, 15) is 18.0 Å². The van der Waals surface area contributed by atoms with Gasteiger partial charge in [0.25, 0.3) is 0 Å². The number of rotatable bonds is 2. The molecule has 1 amide bonds. The zero-order valence-corrected chi connectivity index (χ0v) is 10.0. The van der Waals surface area contributed by atoms with Crippen LogP contribution < -0.4 is 4.90 Å². The fourth-order valence-corrected chi connectivity index (χ4v) is 1.93. The number of hydrogen-bond donors (Lipinski definition) is 1. The smallest absolute Gasteiger partial charge is 0.417 e. The van der Waals surface area contributed by atoms with Crippen LogP contribution in [0.2, 0.25) is 0 Å². The summed E-state index contributed by atoms with van der Waals surface area (Å²) in [5.41, 5.74) is -1.74. The predicted octanol–water partition coefficient (Wildman–Crippen LogP) is 1.89. The Labute approximate surface area is 111 Å². The third-order valence-electron chi connectivity index (χ3n) is 2.88. The Kier molecular flexibility index (Phi) is 3.55. The summed E-state index contributed by atoms with van der Waals surface area (Å²) < 4.78 is 43.2. The molecule has 1 aromatic carbocycles. The Morgan fingerprint density at radius 2 is 2.20 bits per heavy atom. The highest BCUT2D eigenvalue weighted by Gasteiger charge is 2.38. The summed E-state index contributed by atoms with van der Waals surface area (Å²) in [5, 5.41) is 17.8. The van der Waals surface area contributed by atoms with Gasteiger partial charge in [-0.2, -0.15) is 18.4 Å². The van der Waals surface area contributed by atoms with E-state index in [1.165, 1.54) is 12.1 Å². The molecule has 1 fully saturated rings. The van der Waals surface area contributed by atoms with Crippen LogP contribution in [-0.2, 0) is 10.9 Å². The van der Waals surface area contributed by atoms with Crippen molar-refractivity contribution in [1.82, 2.24) is 0 Å². The van der Waals surface area contributed by atoms with E-state index in [0.29, 0.717) is 6.07 Å². The van der Waals surface area contributed by atoms with Crippen LogP contribution in [-0.4, -0.2) is 30.5 Å². The summed E-state index contributed by atoms with van der Waals surface area (Å²) >= 11 is 0. The number of cyclic esters (lactones) is 1. The Hall–Kier alpha value is -2.27. The van der Waals surface area contributed by atoms with E-state index in [1.54, 1.807) is 0 Å². The van der Waals surface area contributed by atoms with Crippen molar-refractivity contribution in [2.75, 3.05) is 18.1 Å². The van der Waals surface area contributed by atoms with Crippen molar-refractivity contribution in [3.8, 4) is 6.07 Å². The van der Waals surface area contributed by atoms with Crippen molar-refractivity contribution in [3.63, 3.8) is 0 Å². The van der Waals surface area contributed by atoms with Crippen molar-refractivity contribution >= 4 is 11.8 Å². The number of aliphatic hydroxyl groups is 1. The second-order valence-electron chi connectivity index (χ2n) is 4.12. The molecule has 0 radical (unpaired) electrons. The second kappa shape index (κ2) is 5.02. The van der Waals surface area contributed by atoms with E-state index in [1.807, 2.05) is 0 Å². The van der Waals surface area contributed by atoms with Crippen LogP contribution in [0.1, 0.15) is 11.1 Å². The van der Waals surface area contributed by atoms with Crippen molar-refractivity contribution in [1.29, 1.82) is 5.26 Å². The Morgan fingerprint density at radius 1 is 1.50 bits per heavy atom. The van der Waals surface area contributed by atoms with Gasteiger partial charge in [-0.25, -0.2) is 4.79 Å². The molecule has 0 bridgehead atoms. The average molecular weight is 286 g/mol. The number of nitriles is 1. The normalized spacial score (nSPS) is 18.9. The number of hydrogen-bond acceptors (Lipinski definition) is 4. The van der Waals surface area contributed by atoms with Crippen LogP contribution in [0.5, 0.6) is 0 Å². The largest absolute Gasteiger partial charge is 0.447 e. The number of alkyl halides is 3. The molecule has 0 spiro atoms. The summed E-state index contributed by atoms with van der Waals surface area (Å²) in [7, 11) is 0. The van der Waals surface area contributed by atoms with Gasteiger partial charge >= 0.3 is 12.3 Å². The Balaban J connectivity index is 2.49. The van der Waals surface area contributed by atoms with E-state index in [0.717, 1.165) is 11.0 Å². The molecule has 1 unspecified atom stereocenters. The first kappa shape index (κ1) is 14.1. The maximum atomic E-state index is 12.8. The Bertz CT molecular complexity index is 580. The van der Waals surface area contributed by atoms with Gasteiger partial charge in [-0.1, -0.05) is 0 Å². The van der Waals surface area contributed by atoms with Gasteiger partial charge in [-0.05, 0) is 18.2 Å². The molecule has 20 heavy (non-hydrogen) atoms. The lowest BCUT2D eigenvalue weighted by molar-refractivity contribution is -0.137. The number of anilines is 1. The van der Waals surface area contributed by atoms with E-state index >= 15 is 0 Å². The molecule has 1 aliphatic heterocycles. The van der Waals surface area contributed by atoms with Gasteiger partial charge in [0, 0.05) is 5.69 Å². The molecule has 1 aromatic rings. The molecular weight excluding hydrogens is 277 g/mol. The first-order valence-electron chi connectivity index (χ1n) is 5.56. The van der Waals surface area contributed by atoms with Gasteiger partial charge in [0.15, 0.2) is 0 Å². The van der Waals surface area contributed by atoms with Crippen molar-refractivity contribution in [2.45, 2.75) is 12.2 Å². The number of halogens is 3. The Morgan fingerprint density at radius 3 is 2.75 bits per heavy atom. The minimum Gasteiger partial charge on any atom is -0.447 e. The van der Waals surface area contributed by atoms with Gasteiger partial charge in [0.05, 0.1) is 29.8 Å². The van der Waals surface area contributed by atoms with Crippen LogP contribution >= 0.6 is 0 Å². The fraction of sp³-hybridized carbons (Fsp3) is 0.333. The fourth-order valence-electron chi connectivity index (χ4n) is 1.93. The van der Waals surface area contributed by atoms with Gasteiger partial charge in [-0.15, -0.1) is 0 Å². The predicted molar refractivity (Wildman–Crippen MR) is 60.9 cm³/mol. The molecule has 0 aromatic heterocycles. The van der Waals surface area contributed by atoms with E-state index in [4.69, 9.17) is 10.4 Å². The number of benzene rings is 1. The molecular formula is C12H9F3N2O3. The van der Waals surface area contributed by atoms with Crippen LogP contribution in [0.4, 0.5) is 23.7 Å². The van der Waals surface area contributed by atoms with Crippen molar-refractivity contribution in [2.24, 2.45) is 0 Å². The summed E-state index contributed by atoms with van der Waals surface area (Å²) in [6.45, 7) is -0.538. The number of aliphatic hydroxyl groups excluding tert-OH is 1. The molecule has 1 atom stereocenters. The van der Waals surface area contributed by atoms with E-state index in [-0.39, 0.29) is 12.3 Å². The number of carbonyl (C=O) groups is 1. The summed E-state index contributed by atoms with van der Waals surface area (Å²) in [6.07, 6.45) is -5.54. The van der Waals surface area contributed by atoms with Crippen molar-refractivity contribution in [3.05, 3.63) is 29.3 Å². The van der Waals surface area contributed by atoms with Gasteiger partial charge in [0.1, 0.15) is 6.61 Å². The highest BCUT2D eigenvalue weighted by atomic mass is 19.4. The van der Waals surface area contributed by atoms with Gasteiger partial charge in [-0.3, -0.25) is 4.90 Å². The molecule has 1 heterocycles. The lowest BCUT2D eigenvalue weighted by atomic mass is 10.1. The maximum absolute atomic E-state index is 12.8. The molecule has 1 saturated heterocycles. The van der Waals surface area contributed by atoms with Crippen LogP contribution in [0.15, 0.2) is 18.2 Å². The van der Waals surface area contributed by atoms with Crippen LogP contribution in [0, 0.1) is 11.3 Å². The first-order chi connectivity index (χ1) is 9.38. The number of nitrogens with zero attached hydrogens (tertiary/aromatic N) is 2. The second-order valence-corrected chi connectivity index (χ2v) is 4.12. The maximum Gasteiger partial charge on any atom is 0.417 e. The minimum atomic E-state index is -4.71. The highest BCUT2D eigenvalue weighted by molar-refractivity contribution is 5.90. The summed E-state index contributed by atoms with van der Waals surface area (Å²) in [4.78, 5) is 12.4. The standard InChI is InChI=1S/C12H9F3N2O3/c13-12(14,15)10-3-8(2-1-7(10)4-16)17-9(5-18)6-20-11(17)19/h1-3,9,18H,5-6H2. The zero-order chi connectivity index (χ0) is 14.9. The molecule has 0 aliphatic carbocycles. The molecule has 5 nitrogen and oxygen atoms in total. The number of amides is 1. The molecule has 106 valence electrons. The quantitative estimate of drug-likeness (QED) is 0.901. The lowest BCUT2D eigenvalue weighted by Crippen LogP contribution is -2.36. The summed E-state index contributed by atoms with van der Waals surface area (Å²) in [6, 6.07) is 3.61. The topological polar surface area (TPSA) is 73.6 Å².